The fourth-order valence-corrected chi connectivity index (χ4v) is 3.06. The molecule has 0 amide bonds. The summed E-state index contributed by atoms with van der Waals surface area (Å²) in [6.45, 7) is 6.98. The predicted molar refractivity (Wildman–Crippen MR) is 79.8 cm³/mol. The molecule has 3 rings (SSSR count). The van der Waals surface area contributed by atoms with Crippen molar-refractivity contribution in [1.29, 1.82) is 0 Å². The molecule has 1 heterocycles. The highest BCUT2D eigenvalue weighted by atomic mass is 16.7. The summed E-state index contributed by atoms with van der Waals surface area (Å²) in [5, 5.41) is 1.90. The van der Waals surface area contributed by atoms with Gasteiger partial charge in [-0.1, -0.05) is 57.5 Å². The SMILES string of the molecule is CC.CC1(C2CC(=O)ON2Cc2ccccc2)CCC1. The van der Waals surface area contributed by atoms with E-state index in [-0.39, 0.29) is 17.4 Å². The largest absolute Gasteiger partial charge is 0.367 e. The normalized spacial score (nSPS) is 24.4. The van der Waals surface area contributed by atoms with E-state index >= 15 is 0 Å². The van der Waals surface area contributed by atoms with E-state index in [1.165, 1.54) is 24.8 Å². The standard InChI is InChI=1S/C15H19NO2.C2H6/c1-15(8-5-9-15)13-10-14(17)18-16(13)11-12-6-3-2-4-7-12;1-2/h2-4,6-7,13H,5,8-11H2,1H3;1-2H3. The Morgan fingerprint density at radius 2 is 1.90 bits per heavy atom. The summed E-state index contributed by atoms with van der Waals surface area (Å²) in [5.74, 6) is -0.0796. The van der Waals surface area contributed by atoms with Crippen molar-refractivity contribution in [1.82, 2.24) is 5.06 Å². The molecule has 1 aromatic carbocycles. The minimum atomic E-state index is -0.0796. The van der Waals surface area contributed by atoms with Gasteiger partial charge in [0.15, 0.2) is 0 Å². The van der Waals surface area contributed by atoms with Crippen LogP contribution >= 0.6 is 0 Å². The Morgan fingerprint density at radius 3 is 2.45 bits per heavy atom. The Labute approximate surface area is 121 Å². The van der Waals surface area contributed by atoms with Gasteiger partial charge in [-0.15, -0.1) is 5.06 Å². The van der Waals surface area contributed by atoms with E-state index in [9.17, 15) is 4.79 Å². The topological polar surface area (TPSA) is 29.5 Å². The Bertz CT molecular complexity index is 440. The van der Waals surface area contributed by atoms with Crippen molar-refractivity contribution in [2.24, 2.45) is 5.41 Å². The fraction of sp³-hybridized carbons (Fsp3) is 0.588. The number of carbonyl (C=O) groups is 1. The molecule has 1 aromatic rings. The maximum atomic E-state index is 11.6. The molecule has 0 bridgehead atoms. The van der Waals surface area contributed by atoms with Gasteiger partial charge in [0.1, 0.15) is 0 Å². The highest BCUT2D eigenvalue weighted by Gasteiger charge is 2.48. The smallest absolute Gasteiger partial charge is 0.326 e. The average molecular weight is 275 g/mol. The molecule has 0 aromatic heterocycles. The van der Waals surface area contributed by atoms with Crippen LogP contribution in [0.3, 0.4) is 0 Å². The fourth-order valence-electron chi connectivity index (χ4n) is 3.06. The van der Waals surface area contributed by atoms with Gasteiger partial charge in [0.2, 0.25) is 0 Å². The third-order valence-electron chi connectivity index (χ3n) is 4.41. The number of rotatable bonds is 3. The minimum Gasteiger partial charge on any atom is -0.367 e. The Hall–Kier alpha value is -1.35. The average Bonchev–Trinajstić information content (AvgIpc) is 2.81. The van der Waals surface area contributed by atoms with E-state index in [0.717, 1.165) is 0 Å². The zero-order valence-electron chi connectivity index (χ0n) is 12.8. The molecule has 0 spiro atoms. The maximum absolute atomic E-state index is 11.6. The summed E-state index contributed by atoms with van der Waals surface area (Å²) in [6, 6.07) is 10.4. The molecule has 3 nitrogen and oxygen atoms in total. The van der Waals surface area contributed by atoms with E-state index in [1.807, 2.05) is 37.1 Å². The molecule has 2 fully saturated rings. The van der Waals surface area contributed by atoms with Crippen molar-refractivity contribution in [2.45, 2.75) is 59.0 Å². The van der Waals surface area contributed by atoms with Crippen LogP contribution in [0.1, 0.15) is 52.0 Å². The van der Waals surface area contributed by atoms with E-state index < -0.39 is 0 Å². The summed E-state index contributed by atoms with van der Waals surface area (Å²) >= 11 is 0. The second kappa shape index (κ2) is 6.40. The van der Waals surface area contributed by atoms with Gasteiger partial charge in [0.25, 0.3) is 0 Å². The van der Waals surface area contributed by atoms with Gasteiger partial charge in [-0.25, -0.2) is 0 Å². The van der Waals surface area contributed by atoms with Gasteiger partial charge in [-0.2, -0.15) is 0 Å². The second-order valence-corrected chi connectivity index (χ2v) is 5.75. The van der Waals surface area contributed by atoms with Crippen LogP contribution in [0.5, 0.6) is 0 Å². The van der Waals surface area contributed by atoms with Crippen LogP contribution in [-0.4, -0.2) is 17.1 Å². The molecule has 1 aliphatic heterocycles. The lowest BCUT2D eigenvalue weighted by atomic mass is 9.65. The van der Waals surface area contributed by atoms with Gasteiger partial charge < -0.3 is 4.84 Å². The van der Waals surface area contributed by atoms with E-state index in [4.69, 9.17) is 4.84 Å². The maximum Gasteiger partial charge on any atom is 0.326 e. The van der Waals surface area contributed by atoms with Crippen LogP contribution in [0.4, 0.5) is 0 Å². The Kier molecular flexibility index (Phi) is 4.81. The minimum absolute atomic E-state index is 0.0796. The third kappa shape index (κ3) is 3.04. The summed E-state index contributed by atoms with van der Waals surface area (Å²) in [7, 11) is 0. The molecule has 110 valence electrons. The molecule has 1 unspecified atom stereocenters. The molecule has 20 heavy (non-hydrogen) atoms. The first-order chi connectivity index (χ1) is 9.67. The monoisotopic (exact) mass is 275 g/mol. The van der Waals surface area contributed by atoms with Crippen LogP contribution in [0.15, 0.2) is 30.3 Å². The molecule has 1 atom stereocenters. The first-order valence-corrected chi connectivity index (χ1v) is 7.69. The van der Waals surface area contributed by atoms with Crippen LogP contribution < -0.4 is 0 Å². The third-order valence-corrected chi connectivity index (χ3v) is 4.41. The Morgan fingerprint density at radius 1 is 1.25 bits per heavy atom. The Balaban J connectivity index is 0.000000704. The van der Waals surface area contributed by atoms with Crippen molar-refractivity contribution in [3.05, 3.63) is 35.9 Å². The van der Waals surface area contributed by atoms with E-state index in [1.54, 1.807) is 0 Å². The van der Waals surface area contributed by atoms with Gasteiger partial charge >= 0.3 is 5.97 Å². The van der Waals surface area contributed by atoms with E-state index in [2.05, 4.69) is 19.1 Å². The van der Waals surface area contributed by atoms with Crippen LogP contribution in [-0.2, 0) is 16.2 Å². The molecule has 1 aliphatic carbocycles. The quantitative estimate of drug-likeness (QED) is 0.837. The van der Waals surface area contributed by atoms with Gasteiger partial charge in [0, 0.05) is 0 Å². The summed E-state index contributed by atoms with van der Waals surface area (Å²) in [4.78, 5) is 17.0. The molecule has 3 heteroatoms. The van der Waals surface area contributed by atoms with Crippen LogP contribution in [0, 0.1) is 5.41 Å². The van der Waals surface area contributed by atoms with Crippen LogP contribution in [0.25, 0.3) is 0 Å². The summed E-state index contributed by atoms with van der Waals surface area (Å²) in [6.07, 6.45) is 4.24. The molecular weight excluding hydrogens is 250 g/mol. The van der Waals surface area contributed by atoms with Crippen molar-refractivity contribution in [3.63, 3.8) is 0 Å². The zero-order chi connectivity index (χ0) is 14.6. The summed E-state index contributed by atoms with van der Waals surface area (Å²) < 4.78 is 0. The lowest BCUT2D eigenvalue weighted by molar-refractivity contribution is -0.188. The molecule has 1 saturated heterocycles. The first kappa shape index (κ1) is 15.0. The number of hydrogen-bond donors (Lipinski definition) is 0. The van der Waals surface area contributed by atoms with Crippen molar-refractivity contribution in [3.8, 4) is 0 Å². The number of hydrogen-bond acceptors (Lipinski definition) is 3. The molecule has 0 radical (unpaired) electrons. The summed E-state index contributed by atoms with van der Waals surface area (Å²) in [5.41, 5.74) is 1.46. The molecule has 0 N–H and O–H groups in total. The number of benzene rings is 1. The van der Waals surface area contributed by atoms with Gasteiger partial charge in [-0.05, 0) is 23.8 Å². The highest BCUT2D eigenvalue weighted by molar-refractivity contribution is 5.71. The zero-order valence-corrected chi connectivity index (χ0v) is 12.8. The predicted octanol–water partition coefficient (Wildman–Crippen LogP) is 3.94. The van der Waals surface area contributed by atoms with Gasteiger partial charge in [-0.3, -0.25) is 4.79 Å². The molecular formula is C17H25NO2. The molecule has 1 saturated carbocycles. The van der Waals surface area contributed by atoms with Crippen molar-refractivity contribution >= 4 is 5.97 Å². The number of carbonyl (C=O) groups excluding carboxylic acids is 1. The number of nitrogens with zero attached hydrogens (tertiary/aromatic N) is 1. The molecule has 2 aliphatic rings. The van der Waals surface area contributed by atoms with Crippen LogP contribution in [0.2, 0.25) is 0 Å². The lowest BCUT2D eigenvalue weighted by Crippen LogP contribution is -2.45. The first-order valence-electron chi connectivity index (χ1n) is 7.69. The number of hydroxylamine groups is 2. The lowest BCUT2D eigenvalue weighted by Gasteiger charge is -2.45. The highest BCUT2D eigenvalue weighted by Crippen LogP contribution is 2.48. The van der Waals surface area contributed by atoms with Crippen molar-refractivity contribution < 1.29 is 9.63 Å². The van der Waals surface area contributed by atoms with E-state index in [0.29, 0.717) is 13.0 Å². The van der Waals surface area contributed by atoms with Gasteiger partial charge in [0.05, 0.1) is 19.0 Å². The second-order valence-electron chi connectivity index (χ2n) is 5.75. The van der Waals surface area contributed by atoms with Crippen molar-refractivity contribution in [2.75, 3.05) is 0 Å².